The molecule has 1 aliphatic heterocycles. The summed E-state index contributed by atoms with van der Waals surface area (Å²) in [6.07, 6.45) is 3.12. The van der Waals surface area contributed by atoms with Crippen molar-refractivity contribution in [1.82, 2.24) is 4.98 Å². The van der Waals surface area contributed by atoms with E-state index in [2.05, 4.69) is 35.9 Å². The number of nitrogens with two attached hydrogens (primary N) is 1. The summed E-state index contributed by atoms with van der Waals surface area (Å²) in [4.78, 5) is 6.79. The standard InChI is InChI=1S/C12H19N3/c1-12(2)5-6-15(9-12)11-4-3-10(7-13)8-14-11/h3-4,8H,5-7,9,13H2,1-2H3. The van der Waals surface area contributed by atoms with E-state index in [0.717, 1.165) is 24.5 Å². The molecule has 1 aromatic heterocycles. The Morgan fingerprint density at radius 1 is 1.47 bits per heavy atom. The van der Waals surface area contributed by atoms with Crippen molar-refractivity contribution < 1.29 is 0 Å². The van der Waals surface area contributed by atoms with Gasteiger partial charge in [0.1, 0.15) is 5.82 Å². The van der Waals surface area contributed by atoms with Gasteiger partial charge in [0.25, 0.3) is 0 Å². The molecule has 0 unspecified atom stereocenters. The first-order valence-electron chi connectivity index (χ1n) is 5.51. The van der Waals surface area contributed by atoms with Crippen LogP contribution in [0.5, 0.6) is 0 Å². The minimum absolute atomic E-state index is 0.425. The van der Waals surface area contributed by atoms with Gasteiger partial charge in [-0.05, 0) is 23.5 Å². The molecule has 0 aliphatic carbocycles. The molecule has 3 heteroatoms. The molecule has 1 aliphatic rings. The second kappa shape index (κ2) is 3.81. The Morgan fingerprint density at radius 3 is 2.73 bits per heavy atom. The van der Waals surface area contributed by atoms with Gasteiger partial charge in [-0.15, -0.1) is 0 Å². The fourth-order valence-corrected chi connectivity index (χ4v) is 2.03. The van der Waals surface area contributed by atoms with Crippen LogP contribution in [0.3, 0.4) is 0 Å². The van der Waals surface area contributed by atoms with Crippen LogP contribution in [0.25, 0.3) is 0 Å². The van der Waals surface area contributed by atoms with Crippen molar-refractivity contribution in [3.8, 4) is 0 Å². The largest absolute Gasteiger partial charge is 0.356 e. The number of nitrogens with zero attached hydrogens (tertiary/aromatic N) is 2. The maximum atomic E-state index is 5.54. The van der Waals surface area contributed by atoms with Crippen molar-refractivity contribution in [1.29, 1.82) is 0 Å². The predicted molar refractivity (Wildman–Crippen MR) is 62.7 cm³/mol. The van der Waals surface area contributed by atoms with E-state index >= 15 is 0 Å². The summed E-state index contributed by atoms with van der Waals surface area (Å²) < 4.78 is 0. The highest BCUT2D eigenvalue weighted by Crippen LogP contribution is 2.31. The molecular weight excluding hydrogens is 186 g/mol. The Labute approximate surface area is 91.3 Å². The topological polar surface area (TPSA) is 42.1 Å². The molecule has 0 atom stereocenters. The zero-order valence-corrected chi connectivity index (χ0v) is 9.53. The quantitative estimate of drug-likeness (QED) is 0.800. The molecule has 2 rings (SSSR count). The van der Waals surface area contributed by atoms with E-state index in [-0.39, 0.29) is 0 Å². The maximum Gasteiger partial charge on any atom is 0.128 e. The highest BCUT2D eigenvalue weighted by Gasteiger charge is 2.29. The van der Waals surface area contributed by atoms with Crippen LogP contribution in [-0.4, -0.2) is 18.1 Å². The van der Waals surface area contributed by atoms with Gasteiger partial charge in [-0.2, -0.15) is 0 Å². The summed E-state index contributed by atoms with van der Waals surface area (Å²) in [5, 5.41) is 0. The molecule has 0 aromatic carbocycles. The Hall–Kier alpha value is -1.09. The third-order valence-electron chi connectivity index (χ3n) is 3.05. The van der Waals surface area contributed by atoms with E-state index in [4.69, 9.17) is 5.73 Å². The van der Waals surface area contributed by atoms with Crippen LogP contribution >= 0.6 is 0 Å². The van der Waals surface area contributed by atoms with Crippen LogP contribution in [0.4, 0.5) is 5.82 Å². The lowest BCUT2D eigenvalue weighted by atomic mass is 9.93. The van der Waals surface area contributed by atoms with Crippen LogP contribution in [0, 0.1) is 5.41 Å². The van der Waals surface area contributed by atoms with Crippen LogP contribution in [0.1, 0.15) is 25.8 Å². The van der Waals surface area contributed by atoms with Gasteiger partial charge < -0.3 is 10.6 Å². The Morgan fingerprint density at radius 2 is 2.27 bits per heavy atom. The van der Waals surface area contributed by atoms with Crippen LogP contribution in [0.15, 0.2) is 18.3 Å². The summed E-state index contributed by atoms with van der Waals surface area (Å²) in [5.74, 6) is 1.08. The van der Waals surface area contributed by atoms with Crippen molar-refractivity contribution in [2.75, 3.05) is 18.0 Å². The van der Waals surface area contributed by atoms with Crippen molar-refractivity contribution in [2.45, 2.75) is 26.8 Å². The fourth-order valence-electron chi connectivity index (χ4n) is 2.03. The molecule has 1 fully saturated rings. The second-order valence-corrected chi connectivity index (χ2v) is 5.06. The minimum Gasteiger partial charge on any atom is -0.356 e. The zero-order valence-electron chi connectivity index (χ0n) is 9.53. The zero-order chi connectivity index (χ0) is 10.9. The van der Waals surface area contributed by atoms with Gasteiger partial charge in [-0.1, -0.05) is 19.9 Å². The summed E-state index contributed by atoms with van der Waals surface area (Å²) >= 11 is 0. The lowest BCUT2D eigenvalue weighted by Crippen LogP contribution is -2.23. The van der Waals surface area contributed by atoms with E-state index in [0.29, 0.717) is 12.0 Å². The summed E-state index contributed by atoms with van der Waals surface area (Å²) in [6, 6.07) is 4.14. The first-order valence-corrected chi connectivity index (χ1v) is 5.51. The maximum absolute atomic E-state index is 5.54. The lowest BCUT2D eigenvalue weighted by Gasteiger charge is -2.20. The highest BCUT2D eigenvalue weighted by molar-refractivity contribution is 5.41. The SMILES string of the molecule is CC1(C)CCN(c2ccc(CN)cn2)C1. The van der Waals surface area contributed by atoms with E-state index in [1.54, 1.807) is 0 Å². The third kappa shape index (κ3) is 2.29. The van der Waals surface area contributed by atoms with Gasteiger partial charge in [0.2, 0.25) is 0 Å². The molecule has 0 spiro atoms. The summed E-state index contributed by atoms with van der Waals surface area (Å²) in [6.45, 7) is 7.39. The molecule has 1 aromatic rings. The normalized spacial score (nSPS) is 19.5. The summed E-state index contributed by atoms with van der Waals surface area (Å²) in [5.41, 5.74) is 7.06. The fraction of sp³-hybridized carbons (Fsp3) is 0.583. The molecule has 82 valence electrons. The molecule has 3 nitrogen and oxygen atoms in total. The van der Waals surface area contributed by atoms with Crippen molar-refractivity contribution in [3.63, 3.8) is 0 Å². The predicted octanol–water partition coefficient (Wildman–Crippen LogP) is 1.78. The molecule has 2 N–H and O–H groups in total. The van der Waals surface area contributed by atoms with Gasteiger partial charge in [-0.3, -0.25) is 0 Å². The Bertz CT molecular complexity index is 329. The van der Waals surface area contributed by atoms with Crippen molar-refractivity contribution in [3.05, 3.63) is 23.9 Å². The molecule has 0 amide bonds. The van der Waals surface area contributed by atoms with Gasteiger partial charge in [0.05, 0.1) is 0 Å². The van der Waals surface area contributed by atoms with Crippen LogP contribution in [0.2, 0.25) is 0 Å². The Kier molecular flexibility index (Phi) is 2.65. The van der Waals surface area contributed by atoms with Crippen molar-refractivity contribution >= 4 is 5.82 Å². The van der Waals surface area contributed by atoms with Gasteiger partial charge >= 0.3 is 0 Å². The van der Waals surface area contributed by atoms with E-state index in [1.807, 2.05) is 6.20 Å². The molecule has 0 saturated carbocycles. The third-order valence-corrected chi connectivity index (χ3v) is 3.05. The van der Waals surface area contributed by atoms with E-state index in [9.17, 15) is 0 Å². The number of aromatic nitrogens is 1. The molecule has 2 heterocycles. The van der Waals surface area contributed by atoms with Gasteiger partial charge in [0.15, 0.2) is 0 Å². The minimum atomic E-state index is 0.425. The van der Waals surface area contributed by atoms with Crippen LogP contribution in [-0.2, 0) is 6.54 Å². The molecule has 15 heavy (non-hydrogen) atoms. The second-order valence-electron chi connectivity index (χ2n) is 5.06. The first-order chi connectivity index (χ1) is 7.11. The average molecular weight is 205 g/mol. The van der Waals surface area contributed by atoms with E-state index in [1.165, 1.54) is 6.42 Å². The number of rotatable bonds is 2. The van der Waals surface area contributed by atoms with Crippen molar-refractivity contribution in [2.24, 2.45) is 11.1 Å². The molecule has 1 saturated heterocycles. The number of anilines is 1. The lowest BCUT2D eigenvalue weighted by molar-refractivity contribution is 0.418. The monoisotopic (exact) mass is 205 g/mol. The Balaban J connectivity index is 2.11. The smallest absolute Gasteiger partial charge is 0.128 e. The van der Waals surface area contributed by atoms with Crippen LogP contribution < -0.4 is 10.6 Å². The first kappa shape index (κ1) is 10.4. The molecule has 0 radical (unpaired) electrons. The number of hydrogen-bond donors (Lipinski definition) is 1. The highest BCUT2D eigenvalue weighted by atomic mass is 15.2. The number of pyridine rings is 1. The molecule has 0 bridgehead atoms. The average Bonchev–Trinajstić information content (AvgIpc) is 2.59. The van der Waals surface area contributed by atoms with Gasteiger partial charge in [-0.25, -0.2) is 4.98 Å². The number of hydrogen-bond acceptors (Lipinski definition) is 3. The molecular formula is C12H19N3. The summed E-state index contributed by atoms with van der Waals surface area (Å²) in [7, 11) is 0. The van der Waals surface area contributed by atoms with E-state index < -0.39 is 0 Å². The van der Waals surface area contributed by atoms with Gasteiger partial charge in [0, 0.05) is 25.8 Å².